The van der Waals surface area contributed by atoms with Crippen molar-refractivity contribution in [3.05, 3.63) is 78.1 Å². The number of rotatable bonds is 6. The van der Waals surface area contributed by atoms with Gasteiger partial charge in [0.25, 0.3) is 0 Å². The van der Waals surface area contributed by atoms with E-state index in [0.29, 0.717) is 22.7 Å². The highest BCUT2D eigenvalue weighted by atomic mass is 32.2. The van der Waals surface area contributed by atoms with Gasteiger partial charge in [0.1, 0.15) is 17.6 Å². The maximum Gasteiger partial charge on any atom is 0.178 e. The second kappa shape index (κ2) is 8.48. The Kier molecular flexibility index (Phi) is 5.72. The molecule has 162 valence electrons. The van der Waals surface area contributed by atoms with Crippen molar-refractivity contribution < 1.29 is 13.2 Å². The number of ether oxygens (including phenoxy) is 1. The van der Waals surface area contributed by atoms with Gasteiger partial charge >= 0.3 is 0 Å². The van der Waals surface area contributed by atoms with E-state index in [4.69, 9.17) is 9.72 Å². The largest absolute Gasteiger partial charge is 0.457 e. The second-order valence-electron chi connectivity index (χ2n) is 7.73. The third-order valence-corrected chi connectivity index (χ3v) is 6.98. The highest BCUT2D eigenvalue weighted by Gasteiger charge is 2.19. The van der Waals surface area contributed by atoms with Gasteiger partial charge in [-0.05, 0) is 60.5 Å². The Morgan fingerprint density at radius 1 is 1.06 bits per heavy atom. The summed E-state index contributed by atoms with van der Waals surface area (Å²) < 4.78 is 32.1. The number of nitrogens with zero attached hydrogens (tertiary/aromatic N) is 3. The van der Waals surface area contributed by atoms with Gasteiger partial charge in [0.05, 0.1) is 27.6 Å². The Labute approximate surface area is 187 Å². The highest BCUT2D eigenvalue weighted by Crippen LogP contribution is 2.33. The number of sulfone groups is 1. The summed E-state index contributed by atoms with van der Waals surface area (Å²) in [5.41, 5.74) is 3.98. The summed E-state index contributed by atoms with van der Waals surface area (Å²) >= 11 is 0. The summed E-state index contributed by atoms with van der Waals surface area (Å²) in [4.78, 5) is 4.99. The lowest BCUT2D eigenvalue weighted by Crippen LogP contribution is -2.03. The Hall–Kier alpha value is -3.63. The first-order valence-electron chi connectivity index (χ1n) is 10.4. The van der Waals surface area contributed by atoms with E-state index in [9.17, 15) is 13.7 Å². The molecule has 0 aliphatic rings. The molecule has 0 radical (unpaired) electrons. The zero-order valence-electron chi connectivity index (χ0n) is 18.1. The van der Waals surface area contributed by atoms with Crippen LogP contribution in [0.1, 0.15) is 37.9 Å². The molecule has 0 N–H and O–H groups in total. The summed E-state index contributed by atoms with van der Waals surface area (Å²) in [6, 6.07) is 19.9. The average molecular weight is 446 g/mol. The SMILES string of the molecule is CCS(=O)(=O)c1cccc(Oc2ccc(-c3c(C(C)C)nc4c(C#N)cccn34)cc2)c1. The van der Waals surface area contributed by atoms with Gasteiger partial charge in [-0.15, -0.1) is 0 Å². The van der Waals surface area contributed by atoms with Gasteiger partial charge in [-0.25, -0.2) is 13.4 Å². The quantitative estimate of drug-likeness (QED) is 0.387. The predicted octanol–water partition coefficient (Wildman–Crippen LogP) is 5.58. The van der Waals surface area contributed by atoms with E-state index >= 15 is 0 Å². The molecular formula is C25H23N3O3S. The smallest absolute Gasteiger partial charge is 0.178 e. The molecule has 0 aliphatic heterocycles. The third-order valence-electron chi connectivity index (χ3n) is 5.25. The molecular weight excluding hydrogens is 422 g/mol. The van der Waals surface area contributed by atoms with Gasteiger partial charge < -0.3 is 4.74 Å². The van der Waals surface area contributed by atoms with Gasteiger partial charge in [-0.1, -0.05) is 26.8 Å². The van der Waals surface area contributed by atoms with E-state index in [1.807, 2.05) is 40.9 Å². The van der Waals surface area contributed by atoms with Crippen molar-refractivity contribution in [2.75, 3.05) is 5.75 Å². The zero-order valence-corrected chi connectivity index (χ0v) is 18.9. The zero-order chi connectivity index (χ0) is 22.9. The first-order chi connectivity index (χ1) is 15.3. The van der Waals surface area contributed by atoms with Crippen molar-refractivity contribution in [2.24, 2.45) is 0 Å². The number of nitriles is 1. The van der Waals surface area contributed by atoms with Crippen molar-refractivity contribution in [3.63, 3.8) is 0 Å². The standard InChI is InChI=1S/C25H23N3O3S/c1-4-32(29,30)22-9-5-8-21(15-22)31-20-12-10-18(11-13-20)24-23(17(2)3)27-25-19(16-26)7-6-14-28(24)25/h5-15,17H,4H2,1-3H3. The summed E-state index contributed by atoms with van der Waals surface area (Å²) in [6.07, 6.45) is 1.91. The lowest BCUT2D eigenvalue weighted by atomic mass is 10.0. The molecule has 0 bridgehead atoms. The molecule has 2 aromatic heterocycles. The second-order valence-corrected chi connectivity index (χ2v) is 10.0. The molecule has 0 saturated carbocycles. The topological polar surface area (TPSA) is 84.5 Å². The third kappa shape index (κ3) is 3.97. The van der Waals surface area contributed by atoms with Crippen LogP contribution in [0.3, 0.4) is 0 Å². The Balaban J connectivity index is 1.70. The number of fused-ring (bicyclic) bond motifs is 1. The van der Waals surface area contributed by atoms with E-state index in [2.05, 4.69) is 19.9 Å². The lowest BCUT2D eigenvalue weighted by Gasteiger charge is -2.10. The van der Waals surface area contributed by atoms with Crippen molar-refractivity contribution >= 4 is 15.5 Å². The number of imidazole rings is 1. The fourth-order valence-corrected chi connectivity index (χ4v) is 4.49. The van der Waals surface area contributed by atoms with Crippen LogP contribution >= 0.6 is 0 Å². The molecule has 0 saturated heterocycles. The Bertz CT molecular complexity index is 1430. The van der Waals surface area contributed by atoms with Crippen molar-refractivity contribution in [1.29, 1.82) is 5.26 Å². The number of pyridine rings is 1. The minimum Gasteiger partial charge on any atom is -0.457 e. The fraction of sp³-hybridized carbons (Fsp3) is 0.200. The molecule has 4 aromatic rings. The summed E-state index contributed by atoms with van der Waals surface area (Å²) in [5.74, 6) is 1.27. The van der Waals surface area contributed by atoms with Crippen LogP contribution in [0, 0.1) is 11.3 Å². The highest BCUT2D eigenvalue weighted by molar-refractivity contribution is 7.91. The monoisotopic (exact) mass is 445 g/mol. The van der Waals surface area contributed by atoms with E-state index in [1.165, 1.54) is 6.07 Å². The molecule has 0 fully saturated rings. The van der Waals surface area contributed by atoms with Crippen LogP contribution < -0.4 is 4.74 Å². The predicted molar refractivity (Wildman–Crippen MR) is 124 cm³/mol. The Morgan fingerprint density at radius 2 is 1.81 bits per heavy atom. The van der Waals surface area contributed by atoms with E-state index in [1.54, 1.807) is 31.2 Å². The number of hydrogen-bond donors (Lipinski definition) is 0. The molecule has 2 aromatic carbocycles. The van der Waals surface area contributed by atoms with E-state index < -0.39 is 9.84 Å². The van der Waals surface area contributed by atoms with Crippen LogP contribution in [0.4, 0.5) is 0 Å². The summed E-state index contributed by atoms with van der Waals surface area (Å²) in [5, 5.41) is 9.45. The molecule has 0 aliphatic carbocycles. The number of aromatic nitrogens is 2. The van der Waals surface area contributed by atoms with Crippen LogP contribution in [-0.2, 0) is 9.84 Å². The molecule has 7 heteroatoms. The van der Waals surface area contributed by atoms with Crippen molar-refractivity contribution in [3.8, 4) is 28.8 Å². The molecule has 0 amide bonds. The fourth-order valence-electron chi connectivity index (χ4n) is 3.58. The maximum atomic E-state index is 12.1. The number of benzene rings is 2. The van der Waals surface area contributed by atoms with Crippen LogP contribution in [0.2, 0.25) is 0 Å². The van der Waals surface area contributed by atoms with E-state index in [0.717, 1.165) is 17.0 Å². The lowest BCUT2D eigenvalue weighted by molar-refractivity contribution is 0.481. The molecule has 4 rings (SSSR count). The van der Waals surface area contributed by atoms with Crippen LogP contribution in [0.25, 0.3) is 16.9 Å². The Morgan fingerprint density at radius 3 is 2.47 bits per heavy atom. The van der Waals surface area contributed by atoms with Crippen LogP contribution in [-0.4, -0.2) is 23.6 Å². The molecule has 32 heavy (non-hydrogen) atoms. The van der Waals surface area contributed by atoms with E-state index in [-0.39, 0.29) is 16.6 Å². The first-order valence-corrected chi connectivity index (χ1v) is 12.0. The molecule has 6 nitrogen and oxygen atoms in total. The minimum atomic E-state index is -3.30. The van der Waals surface area contributed by atoms with Gasteiger partial charge in [0.15, 0.2) is 15.5 Å². The van der Waals surface area contributed by atoms with Crippen molar-refractivity contribution in [1.82, 2.24) is 9.38 Å². The van der Waals surface area contributed by atoms with Gasteiger partial charge in [0, 0.05) is 11.8 Å². The summed E-state index contributed by atoms with van der Waals surface area (Å²) in [6.45, 7) is 5.77. The van der Waals surface area contributed by atoms with Gasteiger partial charge in [0.2, 0.25) is 0 Å². The van der Waals surface area contributed by atoms with Gasteiger partial charge in [-0.3, -0.25) is 4.40 Å². The molecule has 0 atom stereocenters. The molecule has 0 unspecified atom stereocenters. The average Bonchev–Trinajstić information content (AvgIpc) is 3.20. The normalized spacial score (nSPS) is 11.6. The van der Waals surface area contributed by atoms with Crippen LogP contribution in [0.15, 0.2) is 71.8 Å². The minimum absolute atomic E-state index is 0.0379. The van der Waals surface area contributed by atoms with Crippen molar-refractivity contribution in [2.45, 2.75) is 31.6 Å². The maximum absolute atomic E-state index is 12.1. The van der Waals surface area contributed by atoms with Gasteiger partial charge in [-0.2, -0.15) is 5.26 Å². The van der Waals surface area contributed by atoms with Crippen LogP contribution in [0.5, 0.6) is 11.5 Å². The first kappa shape index (κ1) is 21.6. The molecule has 2 heterocycles. The molecule has 0 spiro atoms. The summed E-state index contributed by atoms with van der Waals surface area (Å²) in [7, 11) is -3.30. The number of hydrogen-bond acceptors (Lipinski definition) is 5.